The maximum atomic E-state index is 5.45. The highest BCUT2D eigenvalue weighted by Crippen LogP contribution is 2.33. The molecule has 0 amide bonds. The smallest absolute Gasteiger partial charge is 0.191 e. The predicted molar refractivity (Wildman–Crippen MR) is 127 cm³/mol. The zero-order valence-electron chi connectivity index (χ0n) is 17.1. The van der Waals surface area contributed by atoms with E-state index in [1.54, 1.807) is 14.2 Å². The molecule has 0 aromatic heterocycles. The highest BCUT2D eigenvalue weighted by Gasteiger charge is 2.23. The van der Waals surface area contributed by atoms with Crippen LogP contribution in [0.15, 0.2) is 23.2 Å². The van der Waals surface area contributed by atoms with E-state index in [0.717, 1.165) is 29.8 Å². The zero-order valence-corrected chi connectivity index (χ0v) is 20.3. The van der Waals surface area contributed by atoms with Crippen molar-refractivity contribution in [2.75, 3.05) is 38.8 Å². The Bertz CT molecular complexity index is 605. The number of thioether (sulfide) groups is 1. The number of nitrogens with one attached hydrogen (secondary N) is 2. The van der Waals surface area contributed by atoms with E-state index >= 15 is 0 Å². The highest BCUT2D eigenvalue weighted by atomic mass is 127. The van der Waals surface area contributed by atoms with Gasteiger partial charge in [0.15, 0.2) is 17.5 Å². The third kappa shape index (κ3) is 7.25. The van der Waals surface area contributed by atoms with Gasteiger partial charge in [0, 0.05) is 23.8 Å². The number of hydrogen-bond acceptors (Lipinski definition) is 4. The fourth-order valence-corrected chi connectivity index (χ4v) is 4.07. The number of guanidine groups is 1. The number of hydrogen-bond donors (Lipinski definition) is 2. The molecule has 1 aromatic carbocycles. The van der Waals surface area contributed by atoms with Crippen molar-refractivity contribution < 1.29 is 9.47 Å². The molecule has 0 aliphatic carbocycles. The van der Waals surface area contributed by atoms with E-state index in [1.807, 2.05) is 23.9 Å². The van der Waals surface area contributed by atoms with Crippen LogP contribution in [-0.4, -0.2) is 50.8 Å². The maximum absolute atomic E-state index is 5.45. The molecule has 1 aliphatic heterocycles. The summed E-state index contributed by atoms with van der Waals surface area (Å²) in [7, 11) is 3.33. The van der Waals surface area contributed by atoms with Crippen LogP contribution in [0.3, 0.4) is 0 Å². The Morgan fingerprint density at radius 3 is 2.59 bits per heavy atom. The molecule has 5 nitrogen and oxygen atoms in total. The molecule has 1 atom stereocenters. The van der Waals surface area contributed by atoms with Gasteiger partial charge < -0.3 is 20.1 Å². The van der Waals surface area contributed by atoms with E-state index in [1.165, 1.54) is 24.2 Å². The van der Waals surface area contributed by atoms with E-state index in [-0.39, 0.29) is 29.4 Å². The second-order valence-electron chi connectivity index (χ2n) is 7.21. The molecule has 1 aromatic rings. The van der Waals surface area contributed by atoms with Crippen LogP contribution in [0.1, 0.15) is 39.2 Å². The minimum atomic E-state index is -0.108. The summed E-state index contributed by atoms with van der Waals surface area (Å²) < 4.78 is 10.8. The summed E-state index contributed by atoms with van der Waals surface area (Å²) in [4.78, 5) is 4.87. The van der Waals surface area contributed by atoms with E-state index in [9.17, 15) is 0 Å². The van der Waals surface area contributed by atoms with E-state index in [2.05, 4.69) is 37.5 Å². The Labute approximate surface area is 185 Å². The Kier molecular flexibility index (Phi) is 10.7. The molecule has 0 spiro atoms. The highest BCUT2D eigenvalue weighted by molar-refractivity contribution is 14.0. The Morgan fingerprint density at radius 1 is 1.26 bits per heavy atom. The lowest BCUT2D eigenvalue weighted by Gasteiger charge is -2.27. The van der Waals surface area contributed by atoms with E-state index in [4.69, 9.17) is 14.5 Å². The van der Waals surface area contributed by atoms with Gasteiger partial charge in [-0.25, -0.2) is 0 Å². The Hall–Kier alpha value is -0.830. The summed E-state index contributed by atoms with van der Waals surface area (Å²) in [6.45, 7) is 8.07. The van der Waals surface area contributed by atoms with Crippen LogP contribution >= 0.6 is 35.7 Å². The maximum Gasteiger partial charge on any atom is 0.191 e. The van der Waals surface area contributed by atoms with Gasteiger partial charge in [-0.15, -0.1) is 24.0 Å². The molecule has 1 heterocycles. The fourth-order valence-electron chi connectivity index (χ4n) is 2.99. The molecule has 1 saturated heterocycles. The minimum Gasteiger partial charge on any atom is -0.493 e. The monoisotopic (exact) mass is 507 g/mol. The van der Waals surface area contributed by atoms with Crippen molar-refractivity contribution in [1.82, 2.24) is 10.6 Å². The largest absolute Gasteiger partial charge is 0.493 e. The molecule has 27 heavy (non-hydrogen) atoms. The first kappa shape index (κ1) is 24.2. The predicted octanol–water partition coefficient (Wildman–Crippen LogP) is 4.05. The zero-order chi connectivity index (χ0) is 19.0. The summed E-state index contributed by atoms with van der Waals surface area (Å²) in [6.07, 6.45) is 2.50. The van der Waals surface area contributed by atoms with Crippen LogP contribution < -0.4 is 20.1 Å². The minimum absolute atomic E-state index is 0. The normalized spacial score (nSPS) is 17.7. The summed E-state index contributed by atoms with van der Waals surface area (Å²) >= 11 is 2.02. The molecular formula is C20H34IN3O2S. The van der Waals surface area contributed by atoms with Crippen molar-refractivity contribution in [1.29, 1.82) is 0 Å². The Balaban J connectivity index is 0.00000364. The molecule has 1 aliphatic rings. The Morgan fingerprint density at radius 2 is 2.00 bits per heavy atom. The van der Waals surface area contributed by atoms with Crippen LogP contribution in [0.5, 0.6) is 11.5 Å². The van der Waals surface area contributed by atoms with Gasteiger partial charge in [-0.2, -0.15) is 11.8 Å². The van der Waals surface area contributed by atoms with Gasteiger partial charge in [-0.1, -0.05) is 19.9 Å². The van der Waals surface area contributed by atoms with Gasteiger partial charge in [-0.3, -0.25) is 4.99 Å². The van der Waals surface area contributed by atoms with Crippen molar-refractivity contribution in [3.8, 4) is 11.5 Å². The molecule has 1 unspecified atom stereocenters. The molecule has 0 saturated carbocycles. The average molecular weight is 507 g/mol. The van der Waals surface area contributed by atoms with Crippen LogP contribution in [0, 0.1) is 0 Å². The molecule has 2 rings (SSSR count). The second kappa shape index (κ2) is 11.9. The average Bonchev–Trinajstić information content (AvgIpc) is 2.66. The topological polar surface area (TPSA) is 54.9 Å². The number of benzene rings is 1. The summed E-state index contributed by atoms with van der Waals surface area (Å²) in [6, 6.07) is 6.61. The fraction of sp³-hybridized carbons (Fsp3) is 0.650. The van der Waals surface area contributed by atoms with Crippen molar-refractivity contribution in [2.45, 2.75) is 45.1 Å². The molecule has 1 fully saturated rings. The summed E-state index contributed by atoms with van der Waals surface area (Å²) in [5, 5.41) is 6.97. The standard InChI is InChI=1S/C20H33N3O2S.HI/c1-6-21-19(23-16-8-7-11-26-13-16)22-14-20(2,3)15-9-10-17(24-4)18(12-15)25-5;/h9-10,12,16H,6-8,11,13-14H2,1-5H3,(H2,21,22,23);1H. The van der Waals surface area contributed by atoms with Crippen molar-refractivity contribution in [3.63, 3.8) is 0 Å². The molecule has 7 heteroatoms. The number of halogens is 1. The van der Waals surface area contributed by atoms with Crippen molar-refractivity contribution in [2.24, 2.45) is 4.99 Å². The third-order valence-electron chi connectivity index (χ3n) is 4.64. The van der Waals surface area contributed by atoms with E-state index in [0.29, 0.717) is 12.6 Å². The lowest BCUT2D eigenvalue weighted by atomic mass is 9.84. The molecule has 2 N–H and O–H groups in total. The number of ether oxygens (including phenoxy) is 2. The van der Waals surface area contributed by atoms with Gasteiger partial charge in [0.25, 0.3) is 0 Å². The number of nitrogens with zero attached hydrogens (tertiary/aromatic N) is 1. The second-order valence-corrected chi connectivity index (χ2v) is 8.36. The molecule has 154 valence electrons. The van der Waals surface area contributed by atoms with Crippen LogP contribution in [-0.2, 0) is 5.41 Å². The van der Waals surface area contributed by atoms with Gasteiger partial charge >= 0.3 is 0 Å². The summed E-state index contributed by atoms with van der Waals surface area (Å²) in [5.41, 5.74) is 1.08. The number of aliphatic imine (C=N–C) groups is 1. The first-order chi connectivity index (χ1) is 12.5. The molecule has 0 bridgehead atoms. The number of methoxy groups -OCH3 is 2. The number of rotatable bonds is 7. The van der Waals surface area contributed by atoms with Gasteiger partial charge in [-0.05, 0) is 43.2 Å². The third-order valence-corrected chi connectivity index (χ3v) is 5.86. The van der Waals surface area contributed by atoms with Crippen LogP contribution in [0.4, 0.5) is 0 Å². The summed E-state index contributed by atoms with van der Waals surface area (Å²) in [5.74, 6) is 4.85. The van der Waals surface area contributed by atoms with Gasteiger partial charge in [0.1, 0.15) is 0 Å². The lowest BCUT2D eigenvalue weighted by molar-refractivity contribution is 0.353. The van der Waals surface area contributed by atoms with Crippen LogP contribution in [0.2, 0.25) is 0 Å². The molecule has 0 radical (unpaired) electrons. The first-order valence-corrected chi connectivity index (χ1v) is 10.5. The quantitative estimate of drug-likeness (QED) is 0.332. The van der Waals surface area contributed by atoms with Crippen LogP contribution in [0.25, 0.3) is 0 Å². The van der Waals surface area contributed by atoms with E-state index < -0.39 is 0 Å². The molecular weight excluding hydrogens is 473 g/mol. The van der Waals surface area contributed by atoms with Crippen molar-refractivity contribution >= 4 is 41.7 Å². The van der Waals surface area contributed by atoms with Crippen molar-refractivity contribution in [3.05, 3.63) is 23.8 Å². The SMILES string of the molecule is CCNC(=NCC(C)(C)c1ccc(OC)c(OC)c1)NC1CCCSC1.I. The van der Waals surface area contributed by atoms with Gasteiger partial charge in [0.05, 0.1) is 20.8 Å². The first-order valence-electron chi connectivity index (χ1n) is 9.35. The van der Waals surface area contributed by atoms with Gasteiger partial charge in [0.2, 0.25) is 0 Å². The lowest BCUT2D eigenvalue weighted by Crippen LogP contribution is -2.46.